The highest BCUT2D eigenvalue weighted by molar-refractivity contribution is 5.71. The Hall–Kier alpha value is -1.57. The van der Waals surface area contributed by atoms with Crippen LogP contribution in [0.25, 0.3) is 0 Å². The first-order valence-corrected chi connectivity index (χ1v) is 8.55. The highest BCUT2D eigenvalue weighted by atomic mass is 16.5. The van der Waals surface area contributed by atoms with Crippen LogP contribution in [0.2, 0.25) is 0 Å². The van der Waals surface area contributed by atoms with E-state index in [9.17, 15) is 4.79 Å². The second-order valence-electron chi connectivity index (χ2n) is 6.63. The summed E-state index contributed by atoms with van der Waals surface area (Å²) in [5.41, 5.74) is 5.19. The lowest BCUT2D eigenvalue weighted by Crippen LogP contribution is -2.03. The standard InChI is InChI=1S/C21H34O2/c1-17(2)9-7-11-19(5)13-14-21(22)23-16-15-20(6)12-8-10-18(3)4/h9-10,13,15H,7-8,11-12,14,16H2,1-6H3/b19-13+,20-15+. The number of carbonyl (C=O) groups is 1. The lowest BCUT2D eigenvalue weighted by Gasteiger charge is -2.03. The fourth-order valence-corrected chi connectivity index (χ4v) is 1.97. The van der Waals surface area contributed by atoms with Crippen molar-refractivity contribution in [2.24, 2.45) is 0 Å². The second-order valence-corrected chi connectivity index (χ2v) is 6.63. The molecule has 0 aliphatic rings. The van der Waals surface area contributed by atoms with E-state index in [1.807, 2.05) is 12.2 Å². The molecule has 0 aromatic carbocycles. The van der Waals surface area contributed by atoms with Gasteiger partial charge in [-0.15, -0.1) is 0 Å². The Bertz CT molecular complexity index is 468. The summed E-state index contributed by atoms with van der Waals surface area (Å²) in [5, 5.41) is 0. The van der Waals surface area contributed by atoms with Crippen molar-refractivity contribution in [1.29, 1.82) is 0 Å². The molecule has 23 heavy (non-hydrogen) atoms. The zero-order chi connectivity index (χ0) is 17.7. The van der Waals surface area contributed by atoms with Crippen LogP contribution in [-0.4, -0.2) is 12.6 Å². The van der Waals surface area contributed by atoms with Crippen LogP contribution in [0.3, 0.4) is 0 Å². The molecule has 0 aromatic heterocycles. The molecule has 2 heteroatoms. The summed E-state index contributed by atoms with van der Waals surface area (Å²) >= 11 is 0. The van der Waals surface area contributed by atoms with Gasteiger partial charge in [0.25, 0.3) is 0 Å². The van der Waals surface area contributed by atoms with Gasteiger partial charge in [0.1, 0.15) is 6.61 Å². The van der Waals surface area contributed by atoms with E-state index in [4.69, 9.17) is 4.74 Å². The first-order valence-electron chi connectivity index (χ1n) is 8.55. The van der Waals surface area contributed by atoms with E-state index in [-0.39, 0.29) is 5.97 Å². The molecule has 0 saturated carbocycles. The molecule has 0 bridgehead atoms. The van der Waals surface area contributed by atoms with Crippen LogP contribution in [0.1, 0.15) is 73.6 Å². The maximum Gasteiger partial charge on any atom is 0.309 e. The molecule has 0 unspecified atom stereocenters. The van der Waals surface area contributed by atoms with Gasteiger partial charge in [-0.25, -0.2) is 0 Å². The molecule has 0 saturated heterocycles. The first kappa shape index (κ1) is 21.4. The van der Waals surface area contributed by atoms with Crippen LogP contribution in [0, 0.1) is 0 Å². The largest absolute Gasteiger partial charge is 0.461 e. The van der Waals surface area contributed by atoms with Gasteiger partial charge in [0, 0.05) is 0 Å². The van der Waals surface area contributed by atoms with Crippen LogP contribution >= 0.6 is 0 Å². The minimum Gasteiger partial charge on any atom is -0.461 e. The monoisotopic (exact) mass is 318 g/mol. The number of hydrogen-bond acceptors (Lipinski definition) is 2. The van der Waals surface area contributed by atoms with Crippen molar-refractivity contribution >= 4 is 5.97 Å². The van der Waals surface area contributed by atoms with Gasteiger partial charge in [-0.2, -0.15) is 0 Å². The summed E-state index contributed by atoms with van der Waals surface area (Å²) in [6.07, 6.45) is 12.9. The molecule has 0 spiro atoms. The normalized spacial score (nSPS) is 11.9. The molecule has 2 nitrogen and oxygen atoms in total. The minimum atomic E-state index is -0.153. The Kier molecular flexibility index (Phi) is 12.0. The summed E-state index contributed by atoms with van der Waals surface area (Å²) in [7, 11) is 0. The van der Waals surface area contributed by atoms with E-state index in [0.29, 0.717) is 13.0 Å². The second kappa shape index (κ2) is 12.9. The molecule has 0 aromatic rings. The fraction of sp³-hybridized carbons (Fsp3) is 0.571. The Labute approximate surface area is 143 Å². The number of rotatable bonds is 10. The molecule has 0 N–H and O–H groups in total. The predicted molar refractivity (Wildman–Crippen MR) is 100 cm³/mol. The Morgan fingerprint density at radius 3 is 1.70 bits per heavy atom. The van der Waals surface area contributed by atoms with E-state index in [1.54, 1.807) is 0 Å². The third-order valence-electron chi connectivity index (χ3n) is 3.48. The van der Waals surface area contributed by atoms with Gasteiger partial charge in [-0.1, -0.05) is 40.5 Å². The number of ether oxygens (including phenoxy) is 1. The van der Waals surface area contributed by atoms with Crippen LogP contribution in [-0.2, 0) is 9.53 Å². The van der Waals surface area contributed by atoms with Gasteiger partial charge in [0.05, 0.1) is 6.42 Å². The molecule has 130 valence electrons. The number of allylic oxidation sites excluding steroid dienone is 6. The molecule has 0 rings (SSSR count). The first-order chi connectivity index (χ1) is 10.8. The van der Waals surface area contributed by atoms with Crippen molar-refractivity contribution in [3.05, 3.63) is 46.6 Å². The summed E-state index contributed by atoms with van der Waals surface area (Å²) in [6, 6.07) is 0. The molecule has 0 atom stereocenters. The van der Waals surface area contributed by atoms with Crippen LogP contribution < -0.4 is 0 Å². The molecule has 0 radical (unpaired) electrons. The molecular weight excluding hydrogens is 284 g/mol. The third kappa shape index (κ3) is 15.1. The van der Waals surface area contributed by atoms with Crippen molar-refractivity contribution in [3.8, 4) is 0 Å². The smallest absolute Gasteiger partial charge is 0.309 e. The fourth-order valence-electron chi connectivity index (χ4n) is 1.97. The van der Waals surface area contributed by atoms with Gasteiger partial charge in [0.15, 0.2) is 0 Å². The molecule has 0 aliphatic heterocycles. The van der Waals surface area contributed by atoms with Gasteiger partial charge < -0.3 is 4.74 Å². The Morgan fingerprint density at radius 2 is 1.22 bits per heavy atom. The maximum atomic E-state index is 11.7. The SMILES string of the molecule is CC(C)=CCC/C(C)=C/COC(=O)C/C=C(\C)CCC=C(C)C. The third-order valence-corrected chi connectivity index (χ3v) is 3.48. The summed E-state index contributed by atoms with van der Waals surface area (Å²) in [6.45, 7) is 13.0. The van der Waals surface area contributed by atoms with Crippen molar-refractivity contribution < 1.29 is 9.53 Å². The molecule has 0 amide bonds. The highest BCUT2D eigenvalue weighted by Crippen LogP contribution is 2.09. The predicted octanol–water partition coefficient (Wildman–Crippen LogP) is 6.31. The number of hydrogen-bond donors (Lipinski definition) is 0. The zero-order valence-corrected chi connectivity index (χ0v) is 15.9. The number of carbonyl (C=O) groups excluding carboxylic acids is 1. The topological polar surface area (TPSA) is 26.3 Å². The van der Waals surface area contributed by atoms with E-state index >= 15 is 0 Å². The van der Waals surface area contributed by atoms with Crippen molar-refractivity contribution in [2.45, 2.75) is 73.6 Å². The van der Waals surface area contributed by atoms with Gasteiger partial charge in [-0.05, 0) is 73.3 Å². The van der Waals surface area contributed by atoms with E-state index < -0.39 is 0 Å². The van der Waals surface area contributed by atoms with Crippen molar-refractivity contribution in [3.63, 3.8) is 0 Å². The quantitative estimate of drug-likeness (QED) is 0.349. The Balaban J connectivity index is 3.97. The van der Waals surface area contributed by atoms with Gasteiger partial charge in [0.2, 0.25) is 0 Å². The average Bonchev–Trinajstić information content (AvgIpc) is 2.44. The van der Waals surface area contributed by atoms with Crippen LogP contribution in [0.4, 0.5) is 0 Å². The molecule has 0 heterocycles. The van der Waals surface area contributed by atoms with Crippen molar-refractivity contribution in [2.75, 3.05) is 6.61 Å². The lowest BCUT2D eigenvalue weighted by molar-refractivity contribution is -0.141. The lowest BCUT2D eigenvalue weighted by atomic mass is 10.1. The van der Waals surface area contributed by atoms with Crippen LogP contribution in [0.15, 0.2) is 46.6 Å². The van der Waals surface area contributed by atoms with Crippen molar-refractivity contribution in [1.82, 2.24) is 0 Å². The van der Waals surface area contributed by atoms with E-state index in [0.717, 1.165) is 25.7 Å². The van der Waals surface area contributed by atoms with Gasteiger partial charge >= 0.3 is 5.97 Å². The maximum absolute atomic E-state index is 11.7. The molecular formula is C21H34O2. The average molecular weight is 319 g/mol. The van der Waals surface area contributed by atoms with Gasteiger partial charge in [-0.3, -0.25) is 4.79 Å². The summed E-state index contributed by atoms with van der Waals surface area (Å²) in [5.74, 6) is -0.153. The van der Waals surface area contributed by atoms with E-state index in [2.05, 4.69) is 53.7 Å². The number of esters is 1. The Morgan fingerprint density at radius 1 is 0.739 bits per heavy atom. The van der Waals surface area contributed by atoms with E-state index in [1.165, 1.54) is 22.3 Å². The summed E-state index contributed by atoms with van der Waals surface area (Å²) < 4.78 is 5.25. The highest BCUT2D eigenvalue weighted by Gasteiger charge is 2.00. The van der Waals surface area contributed by atoms with Crippen LogP contribution in [0.5, 0.6) is 0 Å². The molecule has 0 fully saturated rings. The molecule has 0 aliphatic carbocycles. The summed E-state index contributed by atoms with van der Waals surface area (Å²) in [4.78, 5) is 11.7. The zero-order valence-electron chi connectivity index (χ0n) is 15.9. The minimum absolute atomic E-state index is 0.153.